The molecule has 8 heavy (non-hydrogen) atoms. The molecule has 0 aliphatic heterocycles. The summed E-state index contributed by atoms with van der Waals surface area (Å²) >= 11 is 0. The SMILES string of the molecule is C/C(N)=C\C#N.CC. The summed E-state index contributed by atoms with van der Waals surface area (Å²) in [4.78, 5) is 0. The zero-order valence-corrected chi connectivity index (χ0v) is 5.60. The number of nitrogens with two attached hydrogens (primary N) is 1. The van der Waals surface area contributed by atoms with Gasteiger partial charge in [0.05, 0.1) is 6.07 Å². The maximum Gasteiger partial charge on any atom is 0.0929 e. The summed E-state index contributed by atoms with van der Waals surface area (Å²) in [6.07, 6.45) is 1.29. The molecule has 46 valence electrons. The van der Waals surface area contributed by atoms with E-state index in [1.807, 2.05) is 13.8 Å². The minimum atomic E-state index is 0.553. The highest BCUT2D eigenvalue weighted by Crippen LogP contribution is 1.72. The molecule has 0 atom stereocenters. The first-order valence-electron chi connectivity index (χ1n) is 2.59. The molecule has 0 bridgehead atoms. The predicted molar refractivity (Wildman–Crippen MR) is 34.9 cm³/mol. The van der Waals surface area contributed by atoms with E-state index in [9.17, 15) is 0 Å². The Morgan fingerprint density at radius 3 is 2.00 bits per heavy atom. The second kappa shape index (κ2) is 9.39. The third-order valence-corrected chi connectivity index (χ3v) is 0.292. The molecule has 0 aliphatic rings. The molecule has 0 radical (unpaired) electrons. The highest BCUT2D eigenvalue weighted by Gasteiger charge is 1.66. The lowest BCUT2D eigenvalue weighted by molar-refractivity contribution is 1.31. The fourth-order valence-electron chi connectivity index (χ4n) is 0.102. The Kier molecular flexibility index (Phi) is 11.9. The topological polar surface area (TPSA) is 49.8 Å². The Bertz CT molecular complexity index is 93.6. The second-order valence-electron chi connectivity index (χ2n) is 1.02. The number of hydrogen-bond acceptors (Lipinski definition) is 2. The maximum atomic E-state index is 7.83. The van der Waals surface area contributed by atoms with Crippen LogP contribution in [0.4, 0.5) is 0 Å². The van der Waals surface area contributed by atoms with Gasteiger partial charge in [0.1, 0.15) is 0 Å². The molecule has 0 rings (SSSR count). The minimum Gasteiger partial charge on any atom is -0.402 e. The molecule has 0 fully saturated rings. The smallest absolute Gasteiger partial charge is 0.0929 e. The molecule has 0 aromatic rings. The van der Waals surface area contributed by atoms with Gasteiger partial charge in [-0.15, -0.1) is 0 Å². The van der Waals surface area contributed by atoms with Gasteiger partial charge in [-0.1, -0.05) is 13.8 Å². The monoisotopic (exact) mass is 112 g/mol. The molecule has 0 aromatic heterocycles. The van der Waals surface area contributed by atoms with Crippen molar-refractivity contribution in [3.8, 4) is 6.07 Å². The molecule has 0 heterocycles. The van der Waals surface area contributed by atoms with Crippen LogP contribution in [0.3, 0.4) is 0 Å². The van der Waals surface area contributed by atoms with E-state index in [4.69, 9.17) is 11.0 Å². The van der Waals surface area contributed by atoms with Crippen LogP contribution in [0.15, 0.2) is 11.8 Å². The van der Waals surface area contributed by atoms with Gasteiger partial charge in [0.25, 0.3) is 0 Å². The lowest BCUT2D eigenvalue weighted by Crippen LogP contribution is -1.87. The van der Waals surface area contributed by atoms with E-state index in [0.29, 0.717) is 5.70 Å². The maximum absolute atomic E-state index is 7.83. The van der Waals surface area contributed by atoms with E-state index in [1.165, 1.54) is 6.08 Å². The third-order valence-electron chi connectivity index (χ3n) is 0.292. The van der Waals surface area contributed by atoms with Crippen LogP contribution in [0.1, 0.15) is 20.8 Å². The van der Waals surface area contributed by atoms with Crippen molar-refractivity contribution in [2.75, 3.05) is 0 Å². The van der Waals surface area contributed by atoms with Crippen molar-refractivity contribution in [1.29, 1.82) is 5.26 Å². The summed E-state index contributed by atoms with van der Waals surface area (Å²) in [6, 6.07) is 1.78. The second-order valence-corrected chi connectivity index (χ2v) is 1.02. The molecular weight excluding hydrogens is 100 g/mol. The van der Waals surface area contributed by atoms with E-state index in [1.54, 1.807) is 13.0 Å². The Morgan fingerprint density at radius 2 is 2.00 bits per heavy atom. The molecule has 2 heteroatoms. The average Bonchev–Trinajstić information content (AvgIpc) is 1.72. The number of rotatable bonds is 0. The van der Waals surface area contributed by atoms with E-state index < -0.39 is 0 Å². The number of nitrogens with zero attached hydrogens (tertiary/aromatic N) is 1. The Balaban J connectivity index is 0. The van der Waals surface area contributed by atoms with Crippen molar-refractivity contribution >= 4 is 0 Å². The van der Waals surface area contributed by atoms with Gasteiger partial charge in [0.2, 0.25) is 0 Å². The van der Waals surface area contributed by atoms with Crippen LogP contribution in [-0.4, -0.2) is 0 Å². The molecule has 0 aromatic carbocycles. The van der Waals surface area contributed by atoms with Crippen LogP contribution in [0.25, 0.3) is 0 Å². The first kappa shape index (κ1) is 10.1. The van der Waals surface area contributed by atoms with E-state index in [0.717, 1.165) is 0 Å². The van der Waals surface area contributed by atoms with Crippen molar-refractivity contribution in [3.63, 3.8) is 0 Å². The molecule has 2 nitrogen and oxygen atoms in total. The quantitative estimate of drug-likeness (QED) is 0.481. The van der Waals surface area contributed by atoms with Crippen LogP contribution in [0.5, 0.6) is 0 Å². The van der Waals surface area contributed by atoms with E-state index in [-0.39, 0.29) is 0 Å². The molecule has 0 saturated carbocycles. The van der Waals surface area contributed by atoms with Gasteiger partial charge >= 0.3 is 0 Å². The van der Waals surface area contributed by atoms with Crippen LogP contribution >= 0.6 is 0 Å². The Labute approximate surface area is 50.6 Å². The fourth-order valence-corrected chi connectivity index (χ4v) is 0.102. The standard InChI is InChI=1S/C4H6N2.C2H6/c1-4(6)2-3-5;1-2/h2H,6H2,1H3;1-2H3/b4-2+;. The zero-order chi connectivity index (χ0) is 6.99. The molecule has 0 unspecified atom stereocenters. The lowest BCUT2D eigenvalue weighted by Gasteiger charge is -1.74. The van der Waals surface area contributed by atoms with Crippen molar-refractivity contribution in [2.24, 2.45) is 5.73 Å². The summed E-state index contributed by atoms with van der Waals surface area (Å²) in [6.45, 7) is 5.67. The van der Waals surface area contributed by atoms with Gasteiger partial charge in [0.15, 0.2) is 0 Å². The summed E-state index contributed by atoms with van der Waals surface area (Å²) in [5.74, 6) is 0. The van der Waals surface area contributed by atoms with Gasteiger partial charge in [-0.2, -0.15) is 5.26 Å². The highest BCUT2D eigenvalue weighted by molar-refractivity contribution is 5.07. The van der Waals surface area contributed by atoms with E-state index in [2.05, 4.69) is 0 Å². The summed E-state index contributed by atoms with van der Waals surface area (Å²) < 4.78 is 0. The number of nitriles is 1. The highest BCUT2D eigenvalue weighted by atomic mass is 14.5. The van der Waals surface area contributed by atoms with Crippen LogP contribution in [-0.2, 0) is 0 Å². The third kappa shape index (κ3) is 19.8. The summed E-state index contributed by atoms with van der Waals surface area (Å²) in [5, 5.41) is 7.83. The van der Waals surface area contributed by atoms with Crippen LogP contribution in [0.2, 0.25) is 0 Å². The van der Waals surface area contributed by atoms with Gasteiger partial charge in [-0.25, -0.2) is 0 Å². The minimum absolute atomic E-state index is 0.553. The molecule has 2 N–H and O–H groups in total. The number of allylic oxidation sites excluding steroid dienone is 2. The lowest BCUT2D eigenvalue weighted by atomic mass is 10.5. The first-order valence-corrected chi connectivity index (χ1v) is 2.59. The van der Waals surface area contributed by atoms with Gasteiger partial charge in [0, 0.05) is 11.8 Å². The van der Waals surface area contributed by atoms with Crippen molar-refractivity contribution < 1.29 is 0 Å². The largest absolute Gasteiger partial charge is 0.402 e. The average molecular weight is 112 g/mol. The molecule has 0 aliphatic carbocycles. The zero-order valence-electron chi connectivity index (χ0n) is 5.60. The molecule has 0 saturated heterocycles. The van der Waals surface area contributed by atoms with Gasteiger partial charge in [-0.05, 0) is 6.92 Å². The van der Waals surface area contributed by atoms with Gasteiger partial charge in [-0.3, -0.25) is 0 Å². The number of hydrogen-bond donors (Lipinski definition) is 1. The van der Waals surface area contributed by atoms with Crippen LogP contribution < -0.4 is 5.73 Å². The Hall–Kier alpha value is -0.970. The fraction of sp³-hybridized carbons (Fsp3) is 0.500. The van der Waals surface area contributed by atoms with E-state index >= 15 is 0 Å². The van der Waals surface area contributed by atoms with Crippen LogP contribution in [0, 0.1) is 11.3 Å². The van der Waals surface area contributed by atoms with Gasteiger partial charge < -0.3 is 5.73 Å². The van der Waals surface area contributed by atoms with Crippen molar-refractivity contribution in [1.82, 2.24) is 0 Å². The Morgan fingerprint density at radius 1 is 1.62 bits per heavy atom. The first-order chi connectivity index (χ1) is 3.77. The normalized spacial score (nSPS) is 8.50. The summed E-state index contributed by atoms with van der Waals surface area (Å²) in [5.41, 5.74) is 5.59. The van der Waals surface area contributed by atoms with Crippen molar-refractivity contribution in [2.45, 2.75) is 20.8 Å². The molecular formula is C6H12N2. The van der Waals surface area contributed by atoms with Crippen molar-refractivity contribution in [3.05, 3.63) is 11.8 Å². The molecule has 0 spiro atoms. The molecule has 0 amide bonds. The predicted octanol–water partition coefficient (Wildman–Crippen LogP) is 1.40. The summed E-state index contributed by atoms with van der Waals surface area (Å²) in [7, 11) is 0.